The molecule has 0 rings (SSSR count). The third-order valence-corrected chi connectivity index (χ3v) is 2.20. The largest absolute Gasteiger partial charge is 0.480 e. The average molecular weight is 236 g/mol. The maximum absolute atomic E-state index is 10.9. The zero-order valence-corrected chi connectivity index (χ0v) is 8.84. The van der Waals surface area contributed by atoms with Gasteiger partial charge in [0.25, 0.3) is 5.24 Å². The molecule has 0 fully saturated rings. The molecular formula is C7H12N2O5S. The highest BCUT2D eigenvalue weighted by molar-refractivity contribution is 8.13. The SMILES string of the molecule is CCNC(=O)SC[C@H](NC(=O)O)C(=O)O. The van der Waals surface area contributed by atoms with E-state index in [9.17, 15) is 14.4 Å². The number of hydrogen-bond acceptors (Lipinski definition) is 4. The van der Waals surface area contributed by atoms with E-state index in [2.05, 4.69) is 5.32 Å². The highest BCUT2D eigenvalue weighted by Crippen LogP contribution is 2.04. The van der Waals surface area contributed by atoms with E-state index in [1.807, 2.05) is 0 Å². The standard InChI is InChI=1S/C7H12N2O5S/c1-2-8-7(14)15-3-4(5(10)11)9-6(12)13/h4,9H,2-3H2,1H3,(H,8,14)(H,10,11)(H,12,13)/t4-/m0/s1. The van der Waals surface area contributed by atoms with Gasteiger partial charge in [-0.3, -0.25) is 4.79 Å². The summed E-state index contributed by atoms with van der Waals surface area (Å²) in [5, 5.41) is 20.8. The Balaban J connectivity index is 4.01. The lowest BCUT2D eigenvalue weighted by atomic mass is 10.3. The van der Waals surface area contributed by atoms with E-state index in [0.29, 0.717) is 6.54 Å². The fourth-order valence-electron chi connectivity index (χ4n) is 0.678. The molecule has 86 valence electrons. The summed E-state index contributed by atoms with van der Waals surface area (Å²) in [5.41, 5.74) is 0. The highest BCUT2D eigenvalue weighted by Gasteiger charge is 2.20. The number of nitrogens with one attached hydrogen (secondary N) is 2. The minimum absolute atomic E-state index is 0.145. The lowest BCUT2D eigenvalue weighted by Gasteiger charge is -2.10. The molecule has 0 aromatic rings. The van der Waals surface area contributed by atoms with Gasteiger partial charge in [0.05, 0.1) is 0 Å². The zero-order valence-electron chi connectivity index (χ0n) is 8.02. The first-order valence-electron chi connectivity index (χ1n) is 4.10. The molecule has 8 heteroatoms. The molecule has 0 radical (unpaired) electrons. The maximum atomic E-state index is 10.9. The molecule has 0 aliphatic carbocycles. The van der Waals surface area contributed by atoms with Crippen molar-refractivity contribution in [1.82, 2.24) is 10.6 Å². The van der Waals surface area contributed by atoms with Crippen LogP contribution in [0.25, 0.3) is 0 Å². The summed E-state index contributed by atoms with van der Waals surface area (Å²) >= 11 is 0.723. The van der Waals surface area contributed by atoms with Gasteiger partial charge in [0, 0.05) is 12.3 Å². The van der Waals surface area contributed by atoms with Gasteiger partial charge in [-0.25, -0.2) is 9.59 Å². The van der Waals surface area contributed by atoms with Crippen LogP contribution >= 0.6 is 11.8 Å². The second-order valence-electron chi connectivity index (χ2n) is 2.47. The first-order chi connectivity index (χ1) is 6.97. The van der Waals surface area contributed by atoms with Crippen LogP contribution in [0.1, 0.15) is 6.92 Å². The van der Waals surface area contributed by atoms with Crippen LogP contribution in [0.4, 0.5) is 9.59 Å². The molecule has 0 aliphatic heterocycles. The molecule has 0 aromatic carbocycles. The van der Waals surface area contributed by atoms with Crippen LogP contribution in [-0.2, 0) is 4.79 Å². The molecule has 4 N–H and O–H groups in total. The van der Waals surface area contributed by atoms with Crippen molar-refractivity contribution in [2.45, 2.75) is 13.0 Å². The van der Waals surface area contributed by atoms with Gasteiger partial charge in [-0.15, -0.1) is 0 Å². The number of carbonyl (C=O) groups is 3. The van der Waals surface area contributed by atoms with Crippen molar-refractivity contribution in [3.63, 3.8) is 0 Å². The number of carboxylic acid groups (broad SMARTS) is 2. The molecule has 0 saturated heterocycles. The molecule has 0 saturated carbocycles. The second kappa shape index (κ2) is 6.93. The Morgan fingerprint density at radius 1 is 1.33 bits per heavy atom. The van der Waals surface area contributed by atoms with Crippen molar-refractivity contribution in [3.8, 4) is 0 Å². The van der Waals surface area contributed by atoms with Gasteiger partial charge in [-0.2, -0.15) is 0 Å². The van der Waals surface area contributed by atoms with E-state index in [0.717, 1.165) is 11.8 Å². The van der Waals surface area contributed by atoms with Crippen LogP contribution in [0.5, 0.6) is 0 Å². The summed E-state index contributed by atoms with van der Waals surface area (Å²) in [6.45, 7) is 2.17. The van der Waals surface area contributed by atoms with Crippen molar-refractivity contribution < 1.29 is 24.6 Å². The number of aliphatic carboxylic acids is 1. The van der Waals surface area contributed by atoms with Crippen LogP contribution in [0.3, 0.4) is 0 Å². The minimum Gasteiger partial charge on any atom is -0.480 e. The second-order valence-corrected chi connectivity index (χ2v) is 3.46. The Labute approximate surface area is 90.2 Å². The van der Waals surface area contributed by atoms with Crippen LogP contribution in [0.15, 0.2) is 0 Å². The number of amides is 2. The zero-order chi connectivity index (χ0) is 11.8. The molecule has 0 aliphatic rings. The highest BCUT2D eigenvalue weighted by atomic mass is 32.2. The Kier molecular flexibility index (Phi) is 6.27. The third-order valence-electron chi connectivity index (χ3n) is 1.30. The molecule has 2 amide bonds. The lowest BCUT2D eigenvalue weighted by molar-refractivity contribution is -0.138. The molecular weight excluding hydrogens is 224 g/mol. The molecule has 1 atom stereocenters. The Bertz CT molecular complexity index is 258. The van der Waals surface area contributed by atoms with E-state index in [1.54, 1.807) is 12.2 Å². The molecule has 0 bridgehead atoms. The number of hydrogen-bond donors (Lipinski definition) is 4. The summed E-state index contributed by atoms with van der Waals surface area (Å²) in [5.74, 6) is -1.46. The van der Waals surface area contributed by atoms with E-state index in [-0.39, 0.29) is 11.0 Å². The Morgan fingerprint density at radius 3 is 2.33 bits per heavy atom. The van der Waals surface area contributed by atoms with Crippen molar-refractivity contribution in [1.29, 1.82) is 0 Å². The first kappa shape index (κ1) is 13.6. The van der Waals surface area contributed by atoms with Crippen molar-refractivity contribution in [2.75, 3.05) is 12.3 Å². The summed E-state index contributed by atoms with van der Waals surface area (Å²) in [7, 11) is 0. The van der Waals surface area contributed by atoms with E-state index >= 15 is 0 Å². The normalized spacial score (nSPS) is 11.5. The molecule has 0 unspecified atom stereocenters. The molecule has 0 spiro atoms. The van der Waals surface area contributed by atoms with Gasteiger partial charge in [0.2, 0.25) is 0 Å². The van der Waals surface area contributed by atoms with E-state index in [1.165, 1.54) is 0 Å². The Hall–Kier alpha value is -1.44. The van der Waals surface area contributed by atoms with E-state index < -0.39 is 18.1 Å². The van der Waals surface area contributed by atoms with Crippen molar-refractivity contribution in [3.05, 3.63) is 0 Å². The predicted molar refractivity (Wildman–Crippen MR) is 54.1 cm³/mol. The Morgan fingerprint density at radius 2 is 1.93 bits per heavy atom. The van der Waals surface area contributed by atoms with Crippen LogP contribution < -0.4 is 10.6 Å². The monoisotopic (exact) mass is 236 g/mol. The quantitative estimate of drug-likeness (QED) is 0.540. The molecule has 0 heterocycles. The van der Waals surface area contributed by atoms with Gasteiger partial charge in [0.1, 0.15) is 6.04 Å². The molecule has 0 aromatic heterocycles. The van der Waals surface area contributed by atoms with Crippen molar-refractivity contribution >= 4 is 29.1 Å². The van der Waals surface area contributed by atoms with Gasteiger partial charge in [0.15, 0.2) is 0 Å². The average Bonchev–Trinajstić information content (AvgIpc) is 2.11. The first-order valence-corrected chi connectivity index (χ1v) is 5.08. The summed E-state index contributed by atoms with van der Waals surface area (Å²) in [6, 6.07) is -1.28. The van der Waals surface area contributed by atoms with Gasteiger partial charge >= 0.3 is 12.1 Å². The van der Waals surface area contributed by atoms with Gasteiger partial charge < -0.3 is 20.8 Å². The lowest BCUT2D eigenvalue weighted by Crippen LogP contribution is -2.42. The topological polar surface area (TPSA) is 116 Å². The fourth-order valence-corrected chi connectivity index (χ4v) is 1.47. The summed E-state index contributed by atoms with van der Waals surface area (Å²) in [4.78, 5) is 31.7. The van der Waals surface area contributed by atoms with Crippen molar-refractivity contribution in [2.24, 2.45) is 0 Å². The van der Waals surface area contributed by atoms with Gasteiger partial charge in [-0.05, 0) is 6.92 Å². The molecule has 15 heavy (non-hydrogen) atoms. The predicted octanol–water partition coefficient (Wildman–Crippen LogP) is 0.170. The number of carbonyl (C=O) groups excluding carboxylic acids is 1. The number of thioether (sulfide) groups is 1. The van der Waals surface area contributed by atoms with Crippen LogP contribution in [0, 0.1) is 0 Å². The maximum Gasteiger partial charge on any atom is 0.405 e. The van der Waals surface area contributed by atoms with E-state index in [4.69, 9.17) is 10.2 Å². The fraction of sp³-hybridized carbons (Fsp3) is 0.571. The molecule has 7 nitrogen and oxygen atoms in total. The number of carboxylic acids is 1. The summed E-state index contributed by atoms with van der Waals surface area (Å²) < 4.78 is 0. The smallest absolute Gasteiger partial charge is 0.405 e. The van der Waals surface area contributed by atoms with Gasteiger partial charge in [-0.1, -0.05) is 11.8 Å². The van der Waals surface area contributed by atoms with Crippen LogP contribution in [0.2, 0.25) is 0 Å². The summed E-state index contributed by atoms with van der Waals surface area (Å²) in [6.07, 6.45) is -1.43. The minimum atomic E-state index is -1.43. The number of rotatable bonds is 5. The van der Waals surface area contributed by atoms with Crippen LogP contribution in [-0.4, -0.2) is 45.9 Å². The third kappa shape index (κ3) is 6.61.